The molecule has 0 aliphatic heterocycles. The van der Waals surface area contributed by atoms with E-state index >= 15 is 0 Å². The third kappa shape index (κ3) is 2.22. The number of aryl methyl sites for hydroxylation is 2. The summed E-state index contributed by atoms with van der Waals surface area (Å²) in [5.74, 6) is 0.983. The SMILES string of the molecule is CCCCSc1nc(=O)n(C)c2ncn(C)c12. The molecular weight excluding hydrogens is 236 g/mol. The summed E-state index contributed by atoms with van der Waals surface area (Å²) in [6, 6.07) is 0. The highest BCUT2D eigenvalue weighted by molar-refractivity contribution is 7.99. The van der Waals surface area contributed by atoms with Crippen LogP contribution in [-0.4, -0.2) is 24.9 Å². The third-order valence-corrected chi connectivity index (χ3v) is 3.71. The predicted octanol–water partition coefficient (Wildman–Crippen LogP) is 1.56. The Morgan fingerprint density at radius 1 is 1.41 bits per heavy atom. The first kappa shape index (κ1) is 12.2. The molecule has 2 rings (SSSR count). The minimum atomic E-state index is -0.241. The van der Waals surface area contributed by atoms with Crippen LogP contribution < -0.4 is 5.69 Å². The summed E-state index contributed by atoms with van der Waals surface area (Å²) < 4.78 is 3.40. The predicted molar refractivity (Wildman–Crippen MR) is 69.4 cm³/mol. The lowest BCUT2D eigenvalue weighted by atomic mass is 10.4. The number of imidazole rings is 1. The molecule has 2 aromatic heterocycles. The lowest BCUT2D eigenvalue weighted by Gasteiger charge is -2.05. The first-order chi connectivity index (χ1) is 8.15. The summed E-state index contributed by atoms with van der Waals surface area (Å²) in [4.78, 5) is 20.0. The van der Waals surface area contributed by atoms with Crippen LogP contribution in [0.4, 0.5) is 0 Å². The quantitative estimate of drug-likeness (QED) is 0.471. The second kappa shape index (κ2) is 4.91. The smallest absolute Gasteiger partial charge is 0.330 e. The second-order valence-corrected chi connectivity index (χ2v) is 5.07. The van der Waals surface area contributed by atoms with Crippen molar-refractivity contribution in [1.82, 2.24) is 19.1 Å². The third-order valence-electron chi connectivity index (χ3n) is 2.66. The molecule has 0 aliphatic carbocycles. The minimum Gasteiger partial charge on any atom is -0.330 e. The molecule has 17 heavy (non-hydrogen) atoms. The van der Waals surface area contributed by atoms with Crippen molar-refractivity contribution in [1.29, 1.82) is 0 Å². The number of fused-ring (bicyclic) bond motifs is 1. The zero-order chi connectivity index (χ0) is 12.4. The number of thioether (sulfide) groups is 1. The van der Waals surface area contributed by atoms with Gasteiger partial charge in [-0.3, -0.25) is 4.57 Å². The van der Waals surface area contributed by atoms with Crippen LogP contribution in [0.25, 0.3) is 11.2 Å². The summed E-state index contributed by atoms with van der Waals surface area (Å²) in [7, 11) is 3.62. The number of rotatable bonds is 4. The van der Waals surface area contributed by atoms with Crippen molar-refractivity contribution in [3.05, 3.63) is 16.8 Å². The van der Waals surface area contributed by atoms with Gasteiger partial charge in [0.1, 0.15) is 10.5 Å². The molecule has 0 amide bonds. The molecule has 2 aromatic rings. The van der Waals surface area contributed by atoms with Gasteiger partial charge in [0, 0.05) is 14.1 Å². The molecule has 6 heteroatoms. The van der Waals surface area contributed by atoms with Gasteiger partial charge in [0.25, 0.3) is 0 Å². The molecule has 0 aliphatic rings. The van der Waals surface area contributed by atoms with Crippen LogP contribution in [0.2, 0.25) is 0 Å². The van der Waals surface area contributed by atoms with Gasteiger partial charge in [-0.25, -0.2) is 9.78 Å². The van der Waals surface area contributed by atoms with Crippen molar-refractivity contribution in [3.63, 3.8) is 0 Å². The van der Waals surface area contributed by atoms with Gasteiger partial charge in [0.2, 0.25) is 0 Å². The van der Waals surface area contributed by atoms with Gasteiger partial charge in [0.15, 0.2) is 5.65 Å². The van der Waals surface area contributed by atoms with Gasteiger partial charge < -0.3 is 4.57 Å². The summed E-state index contributed by atoms with van der Waals surface area (Å²) in [6.07, 6.45) is 3.99. The Bertz CT molecular complexity index is 587. The Morgan fingerprint density at radius 3 is 2.88 bits per heavy atom. The van der Waals surface area contributed by atoms with E-state index in [9.17, 15) is 4.79 Å². The zero-order valence-corrected chi connectivity index (χ0v) is 11.1. The molecule has 0 unspecified atom stereocenters. The highest BCUT2D eigenvalue weighted by Gasteiger charge is 2.12. The molecule has 5 nitrogen and oxygen atoms in total. The lowest BCUT2D eigenvalue weighted by Crippen LogP contribution is -2.21. The Hall–Kier alpha value is -1.30. The van der Waals surface area contributed by atoms with Crippen molar-refractivity contribution in [3.8, 4) is 0 Å². The summed E-state index contributed by atoms with van der Waals surface area (Å²) in [6.45, 7) is 2.15. The van der Waals surface area contributed by atoms with E-state index in [1.165, 1.54) is 4.57 Å². The van der Waals surface area contributed by atoms with Crippen molar-refractivity contribution in [2.45, 2.75) is 24.8 Å². The Morgan fingerprint density at radius 2 is 2.18 bits per heavy atom. The van der Waals surface area contributed by atoms with E-state index in [1.54, 1.807) is 25.1 Å². The van der Waals surface area contributed by atoms with E-state index in [2.05, 4.69) is 16.9 Å². The van der Waals surface area contributed by atoms with E-state index < -0.39 is 0 Å². The number of aromatic nitrogens is 4. The van der Waals surface area contributed by atoms with Crippen LogP contribution in [0.5, 0.6) is 0 Å². The number of hydrogen-bond donors (Lipinski definition) is 0. The molecule has 0 atom stereocenters. The van der Waals surface area contributed by atoms with Gasteiger partial charge >= 0.3 is 5.69 Å². The van der Waals surface area contributed by atoms with Crippen LogP contribution in [0.1, 0.15) is 19.8 Å². The van der Waals surface area contributed by atoms with E-state index in [0.29, 0.717) is 5.65 Å². The highest BCUT2D eigenvalue weighted by atomic mass is 32.2. The lowest BCUT2D eigenvalue weighted by molar-refractivity contribution is 0.809. The molecule has 0 spiro atoms. The number of unbranched alkanes of at least 4 members (excludes halogenated alkanes) is 1. The largest absolute Gasteiger partial charge is 0.350 e. The van der Waals surface area contributed by atoms with E-state index in [0.717, 1.165) is 29.1 Å². The molecule has 0 saturated heterocycles. The van der Waals surface area contributed by atoms with E-state index in [1.807, 2.05) is 11.6 Å². The van der Waals surface area contributed by atoms with Crippen molar-refractivity contribution >= 4 is 22.9 Å². The fraction of sp³-hybridized carbons (Fsp3) is 0.545. The number of nitrogens with zero attached hydrogens (tertiary/aromatic N) is 4. The van der Waals surface area contributed by atoms with Crippen LogP contribution in [0.15, 0.2) is 16.1 Å². The van der Waals surface area contributed by atoms with Crippen molar-refractivity contribution in [2.24, 2.45) is 14.1 Å². The molecule has 92 valence electrons. The minimum absolute atomic E-state index is 0.241. The molecule has 0 N–H and O–H groups in total. The molecule has 0 fully saturated rings. The zero-order valence-electron chi connectivity index (χ0n) is 10.3. The van der Waals surface area contributed by atoms with Crippen molar-refractivity contribution < 1.29 is 0 Å². The van der Waals surface area contributed by atoms with Gasteiger partial charge in [0.05, 0.1) is 6.33 Å². The van der Waals surface area contributed by atoms with E-state index in [4.69, 9.17) is 0 Å². The summed E-state index contributed by atoms with van der Waals surface area (Å²) in [5.41, 5.74) is 1.40. The van der Waals surface area contributed by atoms with Crippen LogP contribution in [0, 0.1) is 0 Å². The van der Waals surface area contributed by atoms with Gasteiger partial charge in [-0.2, -0.15) is 4.98 Å². The number of hydrogen-bond acceptors (Lipinski definition) is 4. The normalized spacial score (nSPS) is 11.2. The average molecular weight is 252 g/mol. The van der Waals surface area contributed by atoms with Gasteiger partial charge in [-0.15, -0.1) is 11.8 Å². The fourth-order valence-electron chi connectivity index (χ4n) is 1.63. The summed E-state index contributed by atoms with van der Waals surface area (Å²) >= 11 is 1.63. The average Bonchev–Trinajstić information content (AvgIpc) is 2.68. The van der Waals surface area contributed by atoms with Crippen LogP contribution >= 0.6 is 11.8 Å². The van der Waals surface area contributed by atoms with Crippen LogP contribution in [0.3, 0.4) is 0 Å². The van der Waals surface area contributed by atoms with Crippen molar-refractivity contribution in [2.75, 3.05) is 5.75 Å². The standard InChI is InChI=1S/C11H16N4OS/c1-4-5-6-17-10-8-9(12-7-14(8)2)15(3)11(16)13-10/h7H,4-6H2,1-3H3. The first-order valence-electron chi connectivity index (χ1n) is 5.66. The Kier molecular flexibility index (Phi) is 3.51. The highest BCUT2D eigenvalue weighted by Crippen LogP contribution is 2.23. The monoisotopic (exact) mass is 252 g/mol. The fourth-order valence-corrected chi connectivity index (χ4v) is 2.77. The van der Waals surface area contributed by atoms with Crippen LogP contribution in [-0.2, 0) is 14.1 Å². The molecule has 0 aromatic carbocycles. The molecule has 0 saturated carbocycles. The summed E-state index contributed by atoms with van der Waals surface area (Å²) in [5, 5.41) is 0.788. The molecule has 2 heterocycles. The second-order valence-electron chi connectivity index (χ2n) is 3.99. The maximum absolute atomic E-state index is 11.7. The first-order valence-corrected chi connectivity index (χ1v) is 6.64. The maximum Gasteiger partial charge on any atom is 0.350 e. The maximum atomic E-state index is 11.7. The van der Waals surface area contributed by atoms with E-state index in [-0.39, 0.29) is 5.69 Å². The van der Waals surface area contributed by atoms with Gasteiger partial charge in [-0.05, 0) is 12.2 Å². The Labute approximate surface area is 104 Å². The molecular formula is C11H16N4OS. The molecule has 0 bridgehead atoms. The van der Waals surface area contributed by atoms with Gasteiger partial charge in [-0.1, -0.05) is 13.3 Å². The topological polar surface area (TPSA) is 52.7 Å². The Balaban J connectivity index is 2.50. The molecule has 0 radical (unpaired) electrons.